The van der Waals surface area contributed by atoms with E-state index in [9.17, 15) is 8.42 Å². The summed E-state index contributed by atoms with van der Waals surface area (Å²) in [7, 11) is 2.00. The lowest BCUT2D eigenvalue weighted by molar-refractivity contribution is 0.373. The molecule has 1 N–H and O–H groups in total. The first kappa shape index (κ1) is 32.0. The fourth-order valence-corrected chi connectivity index (χ4v) is 7.41. The first-order valence-corrected chi connectivity index (χ1v) is 17.3. The van der Waals surface area contributed by atoms with Crippen LogP contribution in [0.2, 0.25) is 0 Å². The smallest absolute Gasteiger partial charge is 0.191 e. The molecule has 13 heteroatoms. The highest BCUT2D eigenvalue weighted by molar-refractivity contribution is 7.90. The lowest BCUT2D eigenvalue weighted by atomic mass is 10.1. The molecule has 252 valence electrons. The Labute approximate surface area is 283 Å². The average molecular weight is 682 g/mol. The summed E-state index contributed by atoms with van der Waals surface area (Å²) >= 11 is 0. The Kier molecular flexibility index (Phi) is 8.59. The van der Waals surface area contributed by atoms with E-state index in [1.165, 1.54) is 14.2 Å². The lowest BCUT2D eigenvalue weighted by Gasteiger charge is -2.15. The second-order valence-corrected chi connectivity index (χ2v) is 13.7. The van der Waals surface area contributed by atoms with Gasteiger partial charge in [0.05, 0.1) is 46.4 Å². The molecule has 3 aromatic carbocycles. The molecular weight excluding hydrogens is 646 g/mol. The van der Waals surface area contributed by atoms with E-state index in [1.807, 2.05) is 35.0 Å². The summed E-state index contributed by atoms with van der Waals surface area (Å²) < 4.78 is 57.8. The number of benzene rings is 3. The number of fused-ring (bicyclic) bond motifs is 1. The summed E-state index contributed by atoms with van der Waals surface area (Å²) in [6, 6.07) is 20.4. The number of sulfone groups is 1. The van der Waals surface area contributed by atoms with Crippen molar-refractivity contribution in [2.24, 2.45) is 0 Å². The van der Waals surface area contributed by atoms with Gasteiger partial charge in [-0.2, -0.15) is 5.10 Å². The van der Waals surface area contributed by atoms with Gasteiger partial charge in [0.25, 0.3) is 0 Å². The summed E-state index contributed by atoms with van der Waals surface area (Å²) in [5.41, 5.74) is 4.82. The minimum atomic E-state index is -4.04. The van der Waals surface area contributed by atoms with Gasteiger partial charge >= 0.3 is 0 Å². The predicted molar refractivity (Wildman–Crippen MR) is 184 cm³/mol. The van der Waals surface area contributed by atoms with Crippen LogP contribution >= 0.6 is 0 Å². The van der Waals surface area contributed by atoms with E-state index < -0.39 is 15.6 Å². The van der Waals surface area contributed by atoms with Gasteiger partial charge in [-0.05, 0) is 60.4 Å². The van der Waals surface area contributed by atoms with Crippen molar-refractivity contribution >= 4 is 32.3 Å². The second-order valence-electron chi connectivity index (χ2n) is 11.7. The fraction of sp³-hybridized carbons (Fsp3) is 0.250. The fourth-order valence-electron chi connectivity index (χ4n) is 5.80. The van der Waals surface area contributed by atoms with Crippen molar-refractivity contribution in [2.45, 2.75) is 36.0 Å². The van der Waals surface area contributed by atoms with E-state index in [1.54, 1.807) is 56.9 Å². The molecule has 1 aliphatic carbocycles. The number of anilines is 2. The molecule has 6 aromatic rings. The van der Waals surface area contributed by atoms with Gasteiger partial charge in [-0.25, -0.2) is 13.1 Å². The van der Waals surface area contributed by atoms with Crippen LogP contribution in [0.15, 0.2) is 88.5 Å². The molecule has 1 saturated carbocycles. The predicted octanol–water partition coefficient (Wildman–Crippen LogP) is 6.76. The van der Waals surface area contributed by atoms with E-state index in [0.29, 0.717) is 40.4 Å². The molecule has 3 heterocycles. The van der Waals surface area contributed by atoms with Crippen LogP contribution in [0.25, 0.3) is 22.1 Å². The zero-order chi connectivity index (χ0) is 34.1. The molecule has 0 unspecified atom stereocenters. The highest BCUT2D eigenvalue weighted by Crippen LogP contribution is 2.43. The van der Waals surface area contributed by atoms with Crippen molar-refractivity contribution in [2.75, 3.05) is 33.8 Å². The maximum Gasteiger partial charge on any atom is 0.191 e. The number of ether oxygens (including phenoxy) is 4. The normalized spacial score (nSPS) is 13.0. The standard InChI is InChI=1S/C36H35N5O7S/c1-44-26-11-7-22(8-12-26)20-41-35(18-28(39-41)23-9-10-23)38-29-17-31-27(16-32(29)45-2)30(40-48-31)21-49(42,43)36-33(46-3)14-25(15-34(36)47-4)24-6-5-13-37-19-24/h5-8,11-19,23,38H,9-10,20-21H2,1-4H3. The third kappa shape index (κ3) is 6.49. The molecule has 1 aliphatic rings. The summed E-state index contributed by atoms with van der Waals surface area (Å²) in [6.07, 6.45) is 5.58. The zero-order valence-corrected chi connectivity index (χ0v) is 28.3. The van der Waals surface area contributed by atoms with E-state index in [4.69, 9.17) is 28.6 Å². The lowest BCUT2D eigenvalue weighted by Crippen LogP contribution is -2.10. The third-order valence-electron chi connectivity index (χ3n) is 8.51. The molecule has 0 saturated heterocycles. The number of rotatable bonds is 13. The van der Waals surface area contributed by atoms with Crippen molar-refractivity contribution in [3.8, 4) is 34.1 Å². The Bertz CT molecular complexity index is 2200. The average Bonchev–Trinajstić information content (AvgIpc) is 3.81. The quantitative estimate of drug-likeness (QED) is 0.138. The molecule has 0 amide bonds. The molecule has 0 radical (unpaired) electrons. The monoisotopic (exact) mass is 681 g/mol. The molecule has 12 nitrogen and oxygen atoms in total. The van der Waals surface area contributed by atoms with Gasteiger partial charge in [0.1, 0.15) is 40.3 Å². The third-order valence-corrected chi connectivity index (χ3v) is 10.2. The topological polar surface area (TPSA) is 140 Å². The SMILES string of the molecule is COc1ccc(Cn2nc(C3CC3)cc2Nc2cc3onc(CS(=O)(=O)c4c(OC)cc(-c5cccnc5)cc4OC)c3cc2OC)cc1. The minimum absolute atomic E-state index is 0.0804. The van der Waals surface area contributed by atoms with Crippen molar-refractivity contribution in [3.05, 3.63) is 96.1 Å². The molecular formula is C36H35N5O7S. The Morgan fingerprint density at radius 3 is 2.24 bits per heavy atom. The van der Waals surface area contributed by atoms with E-state index in [2.05, 4.69) is 21.5 Å². The Balaban J connectivity index is 1.20. The molecule has 0 bridgehead atoms. The van der Waals surface area contributed by atoms with E-state index in [-0.39, 0.29) is 22.1 Å². The van der Waals surface area contributed by atoms with Crippen molar-refractivity contribution in [3.63, 3.8) is 0 Å². The maximum atomic E-state index is 14.0. The van der Waals surface area contributed by atoms with Crippen LogP contribution in [0.1, 0.15) is 35.7 Å². The highest BCUT2D eigenvalue weighted by Gasteiger charge is 2.30. The van der Waals surface area contributed by atoms with Crippen LogP contribution in [0.5, 0.6) is 23.0 Å². The summed E-state index contributed by atoms with van der Waals surface area (Å²) in [6.45, 7) is 0.546. The van der Waals surface area contributed by atoms with Crippen LogP contribution in [-0.4, -0.2) is 56.8 Å². The number of hydrogen-bond acceptors (Lipinski definition) is 11. The second kappa shape index (κ2) is 13.2. The first-order valence-electron chi connectivity index (χ1n) is 15.6. The van der Waals surface area contributed by atoms with Gasteiger partial charge in [0, 0.05) is 41.4 Å². The van der Waals surface area contributed by atoms with Crippen LogP contribution in [0, 0.1) is 0 Å². The van der Waals surface area contributed by atoms with Crippen molar-refractivity contribution < 1.29 is 31.9 Å². The Morgan fingerprint density at radius 1 is 0.878 bits per heavy atom. The van der Waals surface area contributed by atoms with Crippen molar-refractivity contribution in [1.29, 1.82) is 0 Å². The summed E-state index contributed by atoms with van der Waals surface area (Å²) in [5.74, 6) is 2.33. The number of aromatic nitrogens is 4. The van der Waals surface area contributed by atoms with Gasteiger partial charge < -0.3 is 28.8 Å². The first-order chi connectivity index (χ1) is 23.8. The number of nitrogens with one attached hydrogen (secondary N) is 1. The van der Waals surface area contributed by atoms with Crippen LogP contribution < -0.4 is 24.3 Å². The molecule has 0 spiro atoms. The minimum Gasteiger partial charge on any atom is -0.497 e. The summed E-state index contributed by atoms with van der Waals surface area (Å²) in [4.78, 5) is 4.08. The van der Waals surface area contributed by atoms with Gasteiger partial charge in [-0.3, -0.25) is 4.98 Å². The largest absolute Gasteiger partial charge is 0.497 e. The molecule has 7 rings (SSSR count). The molecule has 1 fully saturated rings. The van der Waals surface area contributed by atoms with Crippen LogP contribution in [0.3, 0.4) is 0 Å². The Morgan fingerprint density at radius 2 is 1.61 bits per heavy atom. The molecule has 3 aromatic heterocycles. The molecule has 0 atom stereocenters. The number of pyridine rings is 1. The van der Waals surface area contributed by atoms with Gasteiger partial charge in [-0.1, -0.05) is 23.4 Å². The maximum absolute atomic E-state index is 14.0. The number of methoxy groups -OCH3 is 4. The Hall–Kier alpha value is -5.56. The van der Waals surface area contributed by atoms with Crippen LogP contribution in [-0.2, 0) is 22.1 Å². The van der Waals surface area contributed by atoms with Gasteiger partial charge in [0.15, 0.2) is 20.3 Å². The highest BCUT2D eigenvalue weighted by atomic mass is 32.2. The van der Waals surface area contributed by atoms with E-state index >= 15 is 0 Å². The number of hydrogen-bond donors (Lipinski definition) is 1. The number of nitrogens with zero attached hydrogens (tertiary/aromatic N) is 4. The van der Waals surface area contributed by atoms with Gasteiger partial charge in [-0.15, -0.1) is 0 Å². The van der Waals surface area contributed by atoms with E-state index in [0.717, 1.165) is 41.2 Å². The zero-order valence-electron chi connectivity index (χ0n) is 27.5. The summed E-state index contributed by atoms with van der Waals surface area (Å²) in [5, 5.41) is 13.0. The van der Waals surface area contributed by atoms with Crippen molar-refractivity contribution in [1.82, 2.24) is 19.9 Å². The molecule has 49 heavy (non-hydrogen) atoms. The molecule has 0 aliphatic heterocycles. The van der Waals surface area contributed by atoms with Crippen LogP contribution in [0.4, 0.5) is 11.5 Å². The van der Waals surface area contributed by atoms with Gasteiger partial charge in [0.2, 0.25) is 0 Å².